The minimum absolute atomic E-state index is 0. The van der Waals surface area contributed by atoms with E-state index in [1.165, 1.54) is 57.2 Å². The number of hydrogen-bond acceptors (Lipinski definition) is 3. The van der Waals surface area contributed by atoms with Crippen LogP contribution in [-0.4, -0.2) is 55.7 Å². The van der Waals surface area contributed by atoms with Gasteiger partial charge < -0.3 is 20.3 Å². The number of benzene rings is 1. The summed E-state index contributed by atoms with van der Waals surface area (Å²) in [4.78, 5) is 7.11. The van der Waals surface area contributed by atoms with E-state index in [2.05, 4.69) is 40.4 Å². The van der Waals surface area contributed by atoms with Gasteiger partial charge >= 0.3 is 0 Å². The Balaban J connectivity index is 0.00000280. The number of likely N-dealkylation sites (tertiary alicyclic amines) is 1. The highest BCUT2D eigenvalue weighted by molar-refractivity contribution is 14.0. The largest absolute Gasteiger partial charge is 0.489 e. The van der Waals surface area contributed by atoms with Crippen molar-refractivity contribution in [1.82, 2.24) is 15.5 Å². The normalized spacial score (nSPS) is 20.5. The molecule has 1 saturated heterocycles. The topological polar surface area (TPSA) is 48.9 Å². The smallest absolute Gasteiger partial charge is 0.191 e. The van der Waals surface area contributed by atoms with E-state index in [9.17, 15) is 0 Å². The molecule has 3 rings (SSSR count). The molecule has 1 atom stereocenters. The lowest BCUT2D eigenvalue weighted by Crippen LogP contribution is -2.51. The van der Waals surface area contributed by atoms with Crippen LogP contribution in [0.1, 0.15) is 51.0 Å². The summed E-state index contributed by atoms with van der Waals surface area (Å²) in [5.74, 6) is 1.84. The molecular formula is C22H37IN4O. The maximum absolute atomic E-state index is 6.05. The van der Waals surface area contributed by atoms with Crippen molar-refractivity contribution in [2.45, 2.75) is 70.6 Å². The molecule has 0 bridgehead atoms. The van der Waals surface area contributed by atoms with Gasteiger partial charge in [-0.2, -0.15) is 0 Å². The van der Waals surface area contributed by atoms with Crippen molar-refractivity contribution in [3.05, 3.63) is 29.8 Å². The highest BCUT2D eigenvalue weighted by atomic mass is 127. The second kappa shape index (κ2) is 11.9. The molecular weight excluding hydrogens is 463 g/mol. The Morgan fingerprint density at radius 1 is 1.18 bits per heavy atom. The average Bonchev–Trinajstić information content (AvgIpc) is 3.22. The third-order valence-corrected chi connectivity index (χ3v) is 5.91. The van der Waals surface area contributed by atoms with Crippen LogP contribution in [0.5, 0.6) is 5.75 Å². The number of ether oxygens (including phenoxy) is 1. The molecule has 1 aromatic rings. The van der Waals surface area contributed by atoms with Crippen molar-refractivity contribution < 1.29 is 4.74 Å². The predicted octanol–water partition coefficient (Wildman–Crippen LogP) is 3.95. The number of piperidine rings is 1. The van der Waals surface area contributed by atoms with E-state index in [1.807, 2.05) is 25.2 Å². The lowest BCUT2D eigenvalue weighted by Gasteiger charge is -2.36. The number of hydrogen-bond donors (Lipinski definition) is 2. The lowest BCUT2D eigenvalue weighted by atomic mass is 10.0. The minimum Gasteiger partial charge on any atom is -0.489 e. The quantitative estimate of drug-likeness (QED) is 0.353. The van der Waals surface area contributed by atoms with Gasteiger partial charge in [0, 0.05) is 32.2 Å². The fraction of sp³-hybridized carbons (Fsp3) is 0.682. The molecule has 2 aliphatic rings. The van der Waals surface area contributed by atoms with E-state index in [-0.39, 0.29) is 30.1 Å². The molecule has 158 valence electrons. The molecule has 1 saturated carbocycles. The summed E-state index contributed by atoms with van der Waals surface area (Å²) in [6.45, 7) is 7.33. The van der Waals surface area contributed by atoms with Gasteiger partial charge in [-0.1, -0.05) is 31.0 Å². The van der Waals surface area contributed by atoms with Crippen LogP contribution in [0, 0.1) is 6.92 Å². The molecule has 5 nitrogen and oxygen atoms in total. The standard InChI is InChI=1S/C22H36N4O.HI/c1-17-8-4-7-11-21(17)27-18(2)16-24-22(23-3)25-19-12-14-26(15-13-19)20-9-5-6-10-20;/h4,7-8,11,18-20H,5-6,9-10,12-16H2,1-3H3,(H2,23,24,25);1H. The number of halogens is 1. The van der Waals surface area contributed by atoms with E-state index < -0.39 is 0 Å². The molecule has 2 fully saturated rings. The van der Waals surface area contributed by atoms with Crippen molar-refractivity contribution >= 4 is 29.9 Å². The summed E-state index contributed by atoms with van der Waals surface area (Å²) >= 11 is 0. The molecule has 1 unspecified atom stereocenters. The Morgan fingerprint density at radius 2 is 1.86 bits per heavy atom. The average molecular weight is 500 g/mol. The summed E-state index contributed by atoms with van der Waals surface area (Å²) in [5, 5.41) is 7.03. The number of para-hydroxylation sites is 1. The molecule has 0 aromatic heterocycles. The lowest BCUT2D eigenvalue weighted by molar-refractivity contribution is 0.150. The highest BCUT2D eigenvalue weighted by Crippen LogP contribution is 2.26. The first-order valence-electron chi connectivity index (χ1n) is 10.6. The van der Waals surface area contributed by atoms with Gasteiger partial charge in [0.2, 0.25) is 0 Å². The van der Waals surface area contributed by atoms with E-state index in [0.717, 1.165) is 24.3 Å². The van der Waals surface area contributed by atoms with Gasteiger partial charge in [0.15, 0.2) is 5.96 Å². The SMILES string of the molecule is CN=C(NCC(C)Oc1ccccc1C)NC1CCN(C2CCCC2)CC1.I. The summed E-state index contributed by atoms with van der Waals surface area (Å²) in [6, 6.07) is 9.52. The minimum atomic E-state index is 0. The van der Waals surface area contributed by atoms with Crippen molar-refractivity contribution in [3.8, 4) is 5.75 Å². The fourth-order valence-electron chi connectivity index (χ4n) is 4.25. The first-order valence-corrected chi connectivity index (χ1v) is 10.6. The molecule has 2 N–H and O–H groups in total. The molecule has 1 aromatic carbocycles. The van der Waals surface area contributed by atoms with Crippen LogP contribution >= 0.6 is 24.0 Å². The second-order valence-corrected chi connectivity index (χ2v) is 8.04. The van der Waals surface area contributed by atoms with E-state index in [0.29, 0.717) is 6.04 Å². The van der Waals surface area contributed by atoms with Gasteiger partial charge in [0.25, 0.3) is 0 Å². The Bertz CT molecular complexity index is 610. The molecule has 28 heavy (non-hydrogen) atoms. The third kappa shape index (κ3) is 6.79. The molecule has 0 amide bonds. The number of nitrogens with one attached hydrogen (secondary N) is 2. The summed E-state index contributed by atoms with van der Waals surface area (Å²) in [5.41, 5.74) is 1.17. The molecule has 1 aliphatic carbocycles. The van der Waals surface area contributed by atoms with Crippen molar-refractivity contribution in [1.29, 1.82) is 0 Å². The number of rotatable bonds is 6. The van der Waals surface area contributed by atoms with Crippen molar-refractivity contribution in [2.75, 3.05) is 26.7 Å². The number of nitrogens with zero attached hydrogens (tertiary/aromatic N) is 2. The Labute approximate surface area is 187 Å². The van der Waals surface area contributed by atoms with Gasteiger partial charge in [0.1, 0.15) is 11.9 Å². The maximum atomic E-state index is 6.05. The molecule has 0 radical (unpaired) electrons. The maximum Gasteiger partial charge on any atom is 0.191 e. The number of aliphatic imine (C=N–C) groups is 1. The van der Waals surface area contributed by atoms with Crippen LogP contribution < -0.4 is 15.4 Å². The van der Waals surface area contributed by atoms with Gasteiger partial charge in [-0.05, 0) is 51.2 Å². The van der Waals surface area contributed by atoms with Crippen molar-refractivity contribution in [3.63, 3.8) is 0 Å². The van der Waals surface area contributed by atoms with E-state index >= 15 is 0 Å². The highest BCUT2D eigenvalue weighted by Gasteiger charge is 2.27. The zero-order valence-corrected chi connectivity index (χ0v) is 19.9. The van der Waals surface area contributed by atoms with Gasteiger partial charge in [-0.3, -0.25) is 4.99 Å². The summed E-state index contributed by atoms with van der Waals surface area (Å²) in [6.07, 6.45) is 8.12. The Morgan fingerprint density at radius 3 is 2.50 bits per heavy atom. The Kier molecular flexibility index (Phi) is 9.85. The fourth-order valence-corrected chi connectivity index (χ4v) is 4.25. The zero-order chi connectivity index (χ0) is 19.1. The van der Waals surface area contributed by atoms with Crippen LogP contribution in [0.3, 0.4) is 0 Å². The first kappa shape index (κ1) is 23.3. The van der Waals surface area contributed by atoms with E-state index in [4.69, 9.17) is 4.74 Å². The van der Waals surface area contributed by atoms with E-state index in [1.54, 1.807) is 0 Å². The first-order chi connectivity index (χ1) is 13.2. The van der Waals surface area contributed by atoms with Crippen LogP contribution in [0.25, 0.3) is 0 Å². The van der Waals surface area contributed by atoms with Gasteiger partial charge in [-0.25, -0.2) is 0 Å². The predicted molar refractivity (Wildman–Crippen MR) is 128 cm³/mol. The number of aryl methyl sites for hydroxylation is 1. The van der Waals surface area contributed by atoms with Gasteiger partial charge in [-0.15, -0.1) is 24.0 Å². The van der Waals surface area contributed by atoms with Crippen molar-refractivity contribution in [2.24, 2.45) is 4.99 Å². The third-order valence-electron chi connectivity index (χ3n) is 5.91. The summed E-state index contributed by atoms with van der Waals surface area (Å²) in [7, 11) is 1.84. The molecule has 1 aliphatic heterocycles. The van der Waals surface area contributed by atoms with Gasteiger partial charge in [0.05, 0.1) is 6.54 Å². The van der Waals surface area contributed by atoms with Crippen LogP contribution in [0.2, 0.25) is 0 Å². The molecule has 0 spiro atoms. The Hall–Kier alpha value is -1.02. The van der Waals surface area contributed by atoms with Crippen LogP contribution in [-0.2, 0) is 0 Å². The number of guanidine groups is 1. The van der Waals surface area contributed by atoms with Crippen LogP contribution in [0.4, 0.5) is 0 Å². The summed E-state index contributed by atoms with van der Waals surface area (Å²) < 4.78 is 6.05. The molecule has 6 heteroatoms. The second-order valence-electron chi connectivity index (χ2n) is 8.04. The monoisotopic (exact) mass is 500 g/mol. The zero-order valence-electron chi connectivity index (χ0n) is 17.6. The van der Waals surface area contributed by atoms with Crippen LogP contribution in [0.15, 0.2) is 29.3 Å². The molecule has 1 heterocycles.